The van der Waals surface area contributed by atoms with Gasteiger partial charge in [-0.2, -0.15) is 5.10 Å². The monoisotopic (exact) mass is 219 g/mol. The molecule has 2 N–H and O–H groups in total. The summed E-state index contributed by atoms with van der Waals surface area (Å²) in [6, 6.07) is 8.25. The molecule has 1 aromatic carbocycles. The van der Waals surface area contributed by atoms with Gasteiger partial charge in [0.05, 0.1) is 11.4 Å². The maximum Gasteiger partial charge on any atom is 0.123 e. The lowest BCUT2D eigenvalue weighted by Gasteiger charge is -2.05. The second kappa shape index (κ2) is 4.45. The van der Waals surface area contributed by atoms with E-state index in [4.69, 9.17) is 5.73 Å². The molecular weight excluding hydrogens is 205 g/mol. The zero-order valence-electron chi connectivity index (χ0n) is 9.15. The Morgan fingerprint density at radius 3 is 2.56 bits per heavy atom. The Kier molecular flexibility index (Phi) is 3.01. The smallest absolute Gasteiger partial charge is 0.123 e. The standard InChI is InChI=1S/C12H14FN3/c1-2-11-7-10(8-14)15-16(11)12-5-3-9(13)4-6-12/h3-7H,2,8,14H2,1H3. The van der Waals surface area contributed by atoms with Crippen LogP contribution in [0.15, 0.2) is 30.3 Å². The fourth-order valence-electron chi connectivity index (χ4n) is 1.63. The highest BCUT2D eigenvalue weighted by atomic mass is 19.1. The lowest BCUT2D eigenvalue weighted by molar-refractivity contribution is 0.626. The minimum atomic E-state index is -0.243. The molecule has 4 heteroatoms. The van der Waals surface area contributed by atoms with Crippen LogP contribution in [0, 0.1) is 5.82 Å². The largest absolute Gasteiger partial charge is 0.325 e. The fraction of sp³-hybridized carbons (Fsp3) is 0.250. The van der Waals surface area contributed by atoms with Gasteiger partial charge >= 0.3 is 0 Å². The summed E-state index contributed by atoms with van der Waals surface area (Å²) in [5.74, 6) is -0.243. The summed E-state index contributed by atoms with van der Waals surface area (Å²) in [7, 11) is 0. The van der Waals surface area contributed by atoms with Crippen molar-refractivity contribution >= 4 is 0 Å². The van der Waals surface area contributed by atoms with Gasteiger partial charge < -0.3 is 5.73 Å². The summed E-state index contributed by atoms with van der Waals surface area (Å²) in [5.41, 5.74) is 8.34. The highest BCUT2D eigenvalue weighted by molar-refractivity contribution is 5.33. The molecule has 0 atom stereocenters. The molecule has 0 aliphatic carbocycles. The Bertz CT molecular complexity index is 474. The number of nitrogens with two attached hydrogens (primary N) is 1. The van der Waals surface area contributed by atoms with Crippen LogP contribution in [0.4, 0.5) is 4.39 Å². The second-order valence-electron chi connectivity index (χ2n) is 3.57. The first-order valence-corrected chi connectivity index (χ1v) is 5.28. The van der Waals surface area contributed by atoms with Crippen molar-refractivity contribution in [3.63, 3.8) is 0 Å². The summed E-state index contributed by atoms with van der Waals surface area (Å²) in [6.45, 7) is 2.47. The predicted molar refractivity (Wildman–Crippen MR) is 60.8 cm³/mol. The number of hydrogen-bond acceptors (Lipinski definition) is 2. The van der Waals surface area contributed by atoms with Crippen molar-refractivity contribution in [1.29, 1.82) is 0 Å². The van der Waals surface area contributed by atoms with Crippen molar-refractivity contribution in [3.05, 3.63) is 47.5 Å². The maximum absolute atomic E-state index is 12.8. The Morgan fingerprint density at radius 2 is 2.00 bits per heavy atom. The van der Waals surface area contributed by atoms with Gasteiger partial charge in [-0.25, -0.2) is 9.07 Å². The Hall–Kier alpha value is -1.68. The third kappa shape index (κ3) is 1.97. The van der Waals surface area contributed by atoms with Gasteiger partial charge in [0.25, 0.3) is 0 Å². The number of rotatable bonds is 3. The highest BCUT2D eigenvalue weighted by Crippen LogP contribution is 2.13. The summed E-state index contributed by atoms with van der Waals surface area (Å²) in [6.07, 6.45) is 0.865. The van der Waals surface area contributed by atoms with Crippen LogP contribution in [0.5, 0.6) is 0 Å². The van der Waals surface area contributed by atoms with Gasteiger partial charge in [0.1, 0.15) is 5.82 Å². The first-order chi connectivity index (χ1) is 7.74. The quantitative estimate of drug-likeness (QED) is 0.858. The van der Waals surface area contributed by atoms with Crippen LogP contribution in [0.25, 0.3) is 5.69 Å². The van der Waals surface area contributed by atoms with E-state index in [1.807, 2.05) is 10.7 Å². The molecule has 0 amide bonds. The van der Waals surface area contributed by atoms with Gasteiger partial charge in [0.15, 0.2) is 0 Å². The SMILES string of the molecule is CCc1cc(CN)nn1-c1ccc(F)cc1. The predicted octanol–water partition coefficient (Wildman–Crippen LogP) is 2.03. The van der Waals surface area contributed by atoms with Crippen LogP contribution in [0.1, 0.15) is 18.3 Å². The van der Waals surface area contributed by atoms with Crippen LogP contribution >= 0.6 is 0 Å². The number of aryl methyl sites for hydroxylation is 1. The normalized spacial score (nSPS) is 10.7. The number of nitrogens with zero attached hydrogens (tertiary/aromatic N) is 2. The van der Waals surface area contributed by atoms with Crippen molar-refractivity contribution in [2.75, 3.05) is 0 Å². The topological polar surface area (TPSA) is 43.8 Å². The van der Waals surface area contributed by atoms with Crippen molar-refractivity contribution in [2.24, 2.45) is 5.73 Å². The van der Waals surface area contributed by atoms with E-state index in [0.717, 1.165) is 23.5 Å². The van der Waals surface area contributed by atoms with Gasteiger partial charge in [-0.15, -0.1) is 0 Å². The van der Waals surface area contributed by atoms with Gasteiger partial charge in [0.2, 0.25) is 0 Å². The molecule has 16 heavy (non-hydrogen) atoms. The lowest BCUT2D eigenvalue weighted by atomic mass is 10.2. The minimum absolute atomic E-state index is 0.243. The second-order valence-corrected chi connectivity index (χ2v) is 3.57. The van der Waals surface area contributed by atoms with Crippen LogP contribution in [0.3, 0.4) is 0 Å². The van der Waals surface area contributed by atoms with E-state index in [-0.39, 0.29) is 5.82 Å². The van der Waals surface area contributed by atoms with E-state index < -0.39 is 0 Å². The molecule has 0 aliphatic heterocycles. The molecule has 0 saturated carbocycles. The molecule has 0 saturated heterocycles. The third-order valence-electron chi connectivity index (χ3n) is 2.48. The summed E-state index contributed by atoms with van der Waals surface area (Å²) < 4.78 is 14.6. The molecule has 84 valence electrons. The van der Waals surface area contributed by atoms with Crippen molar-refractivity contribution in [3.8, 4) is 5.69 Å². The Balaban J connectivity index is 2.45. The summed E-state index contributed by atoms with van der Waals surface area (Å²) in [5, 5.41) is 4.37. The molecule has 0 radical (unpaired) electrons. The molecule has 0 aliphatic rings. The number of hydrogen-bond donors (Lipinski definition) is 1. The molecule has 2 aromatic rings. The van der Waals surface area contributed by atoms with Crippen molar-refractivity contribution < 1.29 is 4.39 Å². The zero-order chi connectivity index (χ0) is 11.5. The van der Waals surface area contributed by atoms with Gasteiger partial charge in [-0.05, 0) is 36.8 Å². The average molecular weight is 219 g/mol. The number of halogens is 1. The van der Waals surface area contributed by atoms with E-state index >= 15 is 0 Å². The third-order valence-corrected chi connectivity index (χ3v) is 2.48. The maximum atomic E-state index is 12.8. The van der Waals surface area contributed by atoms with E-state index in [1.165, 1.54) is 12.1 Å². The number of aromatic nitrogens is 2. The van der Waals surface area contributed by atoms with Crippen LogP contribution in [-0.2, 0) is 13.0 Å². The van der Waals surface area contributed by atoms with Crippen LogP contribution in [-0.4, -0.2) is 9.78 Å². The van der Waals surface area contributed by atoms with Gasteiger partial charge in [-0.3, -0.25) is 0 Å². The lowest BCUT2D eigenvalue weighted by Crippen LogP contribution is -2.03. The van der Waals surface area contributed by atoms with E-state index in [0.29, 0.717) is 6.54 Å². The molecule has 3 nitrogen and oxygen atoms in total. The van der Waals surface area contributed by atoms with Gasteiger partial charge in [-0.1, -0.05) is 6.92 Å². The Morgan fingerprint density at radius 1 is 1.31 bits per heavy atom. The highest BCUT2D eigenvalue weighted by Gasteiger charge is 2.07. The van der Waals surface area contributed by atoms with E-state index in [2.05, 4.69) is 12.0 Å². The fourth-order valence-corrected chi connectivity index (χ4v) is 1.63. The molecule has 2 rings (SSSR count). The minimum Gasteiger partial charge on any atom is -0.325 e. The summed E-state index contributed by atoms with van der Waals surface area (Å²) >= 11 is 0. The zero-order valence-corrected chi connectivity index (χ0v) is 9.15. The Labute approximate surface area is 93.7 Å². The first-order valence-electron chi connectivity index (χ1n) is 5.28. The molecule has 0 fully saturated rings. The van der Waals surface area contributed by atoms with E-state index in [1.54, 1.807) is 12.1 Å². The van der Waals surface area contributed by atoms with Crippen molar-refractivity contribution in [1.82, 2.24) is 9.78 Å². The van der Waals surface area contributed by atoms with E-state index in [9.17, 15) is 4.39 Å². The first kappa shape index (κ1) is 10.8. The molecule has 0 spiro atoms. The van der Waals surface area contributed by atoms with Crippen LogP contribution in [0.2, 0.25) is 0 Å². The summed E-state index contributed by atoms with van der Waals surface area (Å²) in [4.78, 5) is 0. The molecule has 0 bridgehead atoms. The van der Waals surface area contributed by atoms with Crippen LogP contribution < -0.4 is 5.73 Å². The average Bonchev–Trinajstić information content (AvgIpc) is 2.73. The van der Waals surface area contributed by atoms with Crippen molar-refractivity contribution in [2.45, 2.75) is 19.9 Å². The van der Waals surface area contributed by atoms with Gasteiger partial charge in [0, 0.05) is 12.2 Å². The number of benzene rings is 1. The molecule has 1 aromatic heterocycles. The molecule has 1 heterocycles. The molecular formula is C12H14FN3. The molecule has 0 unspecified atom stereocenters.